The third kappa shape index (κ3) is 2.26. The maximum absolute atomic E-state index is 13.1. The number of rotatable bonds is 3. The van der Waals surface area contributed by atoms with E-state index in [0.29, 0.717) is 0 Å². The Morgan fingerprint density at radius 2 is 2.09 bits per heavy atom. The molecular weight excluding hydrogens is 301 g/mol. The highest BCUT2D eigenvalue weighted by molar-refractivity contribution is 5.75. The van der Waals surface area contributed by atoms with Crippen LogP contribution in [-0.4, -0.2) is 31.2 Å². The number of fused-ring (bicyclic) bond motifs is 3. The first-order chi connectivity index (χ1) is 10.5. The van der Waals surface area contributed by atoms with Crippen LogP contribution in [0.4, 0.5) is 13.2 Å². The minimum absolute atomic E-state index is 0.0147. The molecular formula is C12H7F3N6O. The number of alkyl halides is 3. The van der Waals surface area contributed by atoms with Crippen molar-refractivity contribution in [3.63, 3.8) is 0 Å². The van der Waals surface area contributed by atoms with Crippen molar-refractivity contribution in [2.24, 2.45) is 0 Å². The molecule has 0 aromatic carbocycles. The standard InChI is InChI=1S/C12H7F3N6O/c13-12(14,15)11-20-19-9-10(22-6-2-4-16)18-7-3-1-5-17-8(7)21(9)11/h1,3,5H,2,6H2. The van der Waals surface area contributed by atoms with Gasteiger partial charge in [0.1, 0.15) is 12.1 Å². The Kier molecular flexibility index (Phi) is 3.25. The summed E-state index contributed by atoms with van der Waals surface area (Å²) in [5.74, 6) is -1.34. The largest absolute Gasteiger partial charge is 0.474 e. The van der Waals surface area contributed by atoms with E-state index >= 15 is 0 Å². The fraction of sp³-hybridized carbons (Fsp3) is 0.250. The second-order valence-corrected chi connectivity index (χ2v) is 4.20. The van der Waals surface area contributed by atoms with Gasteiger partial charge in [-0.1, -0.05) is 0 Å². The van der Waals surface area contributed by atoms with Crippen LogP contribution in [0.1, 0.15) is 12.2 Å². The van der Waals surface area contributed by atoms with Crippen molar-refractivity contribution in [3.8, 4) is 11.9 Å². The van der Waals surface area contributed by atoms with Gasteiger partial charge < -0.3 is 4.74 Å². The van der Waals surface area contributed by atoms with Gasteiger partial charge in [0, 0.05) is 6.20 Å². The zero-order valence-corrected chi connectivity index (χ0v) is 10.9. The van der Waals surface area contributed by atoms with Crippen molar-refractivity contribution in [2.75, 3.05) is 6.61 Å². The van der Waals surface area contributed by atoms with Crippen LogP contribution >= 0.6 is 0 Å². The Morgan fingerprint density at radius 3 is 2.82 bits per heavy atom. The number of pyridine rings is 1. The molecule has 10 heteroatoms. The Labute approximate surface area is 121 Å². The Hall–Kier alpha value is -2.96. The third-order valence-corrected chi connectivity index (χ3v) is 2.76. The molecule has 7 nitrogen and oxygen atoms in total. The topological polar surface area (TPSA) is 89.0 Å². The molecule has 3 rings (SSSR count). The number of nitrogens with zero attached hydrogens (tertiary/aromatic N) is 6. The van der Waals surface area contributed by atoms with Gasteiger partial charge in [0.25, 0.3) is 5.88 Å². The highest BCUT2D eigenvalue weighted by atomic mass is 19.4. The molecule has 3 aromatic rings. The predicted octanol–water partition coefficient (Wildman–Crippen LogP) is 1.98. The minimum atomic E-state index is -4.70. The van der Waals surface area contributed by atoms with Gasteiger partial charge in [0.05, 0.1) is 12.5 Å². The summed E-state index contributed by atoms with van der Waals surface area (Å²) in [5.41, 5.74) is -0.0221. The van der Waals surface area contributed by atoms with Gasteiger partial charge in [0.2, 0.25) is 11.5 Å². The van der Waals surface area contributed by atoms with Crippen LogP contribution in [0.2, 0.25) is 0 Å². The van der Waals surface area contributed by atoms with Gasteiger partial charge in [-0.3, -0.25) is 0 Å². The lowest BCUT2D eigenvalue weighted by molar-refractivity contribution is -0.145. The molecule has 0 bridgehead atoms. The maximum Gasteiger partial charge on any atom is 0.452 e. The van der Waals surface area contributed by atoms with E-state index in [-0.39, 0.29) is 35.7 Å². The van der Waals surface area contributed by atoms with Crippen LogP contribution in [0.5, 0.6) is 5.88 Å². The van der Waals surface area contributed by atoms with E-state index in [2.05, 4.69) is 20.2 Å². The number of hydrogen-bond donors (Lipinski definition) is 0. The number of aromatic nitrogens is 5. The molecule has 0 saturated heterocycles. The van der Waals surface area contributed by atoms with Crippen molar-refractivity contribution in [3.05, 3.63) is 24.2 Å². The number of ether oxygens (including phenoxy) is 1. The quantitative estimate of drug-likeness (QED) is 0.687. The summed E-state index contributed by atoms with van der Waals surface area (Å²) < 4.78 is 45.2. The number of nitriles is 1. The third-order valence-electron chi connectivity index (χ3n) is 2.76. The molecule has 0 fully saturated rings. The molecule has 0 spiro atoms. The van der Waals surface area contributed by atoms with Crippen molar-refractivity contribution < 1.29 is 17.9 Å². The van der Waals surface area contributed by atoms with Crippen LogP contribution in [0, 0.1) is 11.3 Å². The van der Waals surface area contributed by atoms with Crippen molar-refractivity contribution in [1.82, 2.24) is 24.6 Å². The summed E-state index contributed by atoms with van der Waals surface area (Å²) in [5, 5.41) is 15.2. The minimum Gasteiger partial charge on any atom is -0.474 e. The first kappa shape index (κ1) is 14.0. The molecule has 0 aliphatic carbocycles. The second kappa shape index (κ2) is 5.10. The van der Waals surface area contributed by atoms with Gasteiger partial charge >= 0.3 is 6.18 Å². The fourth-order valence-corrected chi connectivity index (χ4v) is 1.90. The molecule has 0 saturated carbocycles. The molecule has 0 aliphatic rings. The number of halogens is 3. The average molecular weight is 308 g/mol. The molecule has 3 aromatic heterocycles. The van der Waals surface area contributed by atoms with E-state index in [4.69, 9.17) is 10.00 Å². The summed E-state index contributed by atoms with van der Waals surface area (Å²) in [7, 11) is 0. The van der Waals surface area contributed by atoms with Gasteiger partial charge in [-0.05, 0) is 12.1 Å². The van der Waals surface area contributed by atoms with Gasteiger partial charge in [-0.25, -0.2) is 14.4 Å². The first-order valence-corrected chi connectivity index (χ1v) is 6.09. The molecule has 0 atom stereocenters. The lowest BCUT2D eigenvalue weighted by Crippen LogP contribution is -2.12. The molecule has 0 radical (unpaired) electrons. The molecule has 0 N–H and O–H groups in total. The van der Waals surface area contributed by atoms with Crippen LogP contribution in [0.3, 0.4) is 0 Å². The van der Waals surface area contributed by atoms with Crippen molar-refractivity contribution in [1.29, 1.82) is 5.26 Å². The highest BCUT2D eigenvalue weighted by Crippen LogP contribution is 2.31. The normalized spacial score (nSPS) is 11.7. The van der Waals surface area contributed by atoms with Crippen LogP contribution < -0.4 is 4.74 Å². The van der Waals surface area contributed by atoms with Crippen LogP contribution in [0.15, 0.2) is 18.3 Å². The number of hydrogen-bond acceptors (Lipinski definition) is 6. The monoisotopic (exact) mass is 308 g/mol. The molecule has 0 amide bonds. The van der Waals surface area contributed by atoms with Crippen molar-refractivity contribution in [2.45, 2.75) is 12.6 Å². The SMILES string of the molecule is N#CCCOc1nc2cccnc2n2c(C(F)(F)F)nnc12. The van der Waals surface area contributed by atoms with E-state index < -0.39 is 12.0 Å². The smallest absolute Gasteiger partial charge is 0.452 e. The van der Waals surface area contributed by atoms with Crippen LogP contribution in [0.25, 0.3) is 16.8 Å². The average Bonchev–Trinajstić information content (AvgIpc) is 2.93. The van der Waals surface area contributed by atoms with E-state index in [9.17, 15) is 13.2 Å². The zero-order chi connectivity index (χ0) is 15.7. The van der Waals surface area contributed by atoms with Gasteiger partial charge in [-0.2, -0.15) is 18.4 Å². The van der Waals surface area contributed by atoms with Gasteiger partial charge in [-0.15, -0.1) is 10.2 Å². The Morgan fingerprint density at radius 1 is 1.27 bits per heavy atom. The molecule has 0 aliphatic heterocycles. The fourth-order valence-electron chi connectivity index (χ4n) is 1.90. The van der Waals surface area contributed by atoms with E-state index in [1.54, 1.807) is 0 Å². The zero-order valence-electron chi connectivity index (χ0n) is 10.9. The molecule has 112 valence electrons. The lowest BCUT2D eigenvalue weighted by Gasteiger charge is -2.09. The summed E-state index contributed by atoms with van der Waals surface area (Å²) in [6, 6.07) is 4.90. The summed E-state index contributed by atoms with van der Waals surface area (Å²) in [4.78, 5) is 7.99. The van der Waals surface area contributed by atoms with Gasteiger partial charge in [0.15, 0.2) is 5.65 Å². The van der Waals surface area contributed by atoms with E-state index in [1.807, 2.05) is 6.07 Å². The summed E-state index contributed by atoms with van der Waals surface area (Å²) in [6.45, 7) is -0.0147. The first-order valence-electron chi connectivity index (χ1n) is 6.09. The summed E-state index contributed by atoms with van der Waals surface area (Å²) in [6.07, 6.45) is -3.28. The molecule has 3 heterocycles. The molecule has 22 heavy (non-hydrogen) atoms. The van der Waals surface area contributed by atoms with Crippen molar-refractivity contribution >= 4 is 16.8 Å². The highest BCUT2D eigenvalue weighted by Gasteiger charge is 2.38. The van der Waals surface area contributed by atoms with Crippen LogP contribution in [-0.2, 0) is 6.18 Å². The van der Waals surface area contributed by atoms with E-state index in [0.717, 1.165) is 4.40 Å². The Bertz CT molecular complexity index is 882. The second-order valence-electron chi connectivity index (χ2n) is 4.20. The predicted molar refractivity (Wildman–Crippen MR) is 66.8 cm³/mol. The van der Waals surface area contributed by atoms with E-state index in [1.165, 1.54) is 18.3 Å². The maximum atomic E-state index is 13.1. The summed E-state index contributed by atoms with van der Waals surface area (Å²) >= 11 is 0. The lowest BCUT2D eigenvalue weighted by atomic mass is 10.4. The Balaban J connectivity index is 2.28. The molecule has 0 unspecified atom stereocenters.